The van der Waals surface area contributed by atoms with E-state index in [0.29, 0.717) is 18.0 Å². The second-order valence-electron chi connectivity index (χ2n) is 6.05. The van der Waals surface area contributed by atoms with Gasteiger partial charge in [0.1, 0.15) is 5.01 Å². The molecule has 1 heterocycles. The van der Waals surface area contributed by atoms with Crippen LogP contribution in [0.5, 0.6) is 0 Å². The fourth-order valence-corrected chi connectivity index (χ4v) is 3.46. The number of anilines is 1. The maximum absolute atomic E-state index is 12.4. The third-order valence-corrected chi connectivity index (χ3v) is 5.50. The van der Waals surface area contributed by atoms with Gasteiger partial charge in [-0.05, 0) is 25.2 Å². The summed E-state index contributed by atoms with van der Waals surface area (Å²) in [4.78, 5) is 23.8. The molecule has 2 atom stereocenters. The molecule has 0 unspecified atom stereocenters. The second kappa shape index (κ2) is 4.80. The van der Waals surface area contributed by atoms with Crippen LogP contribution in [0.3, 0.4) is 0 Å². The first-order valence-corrected chi connectivity index (χ1v) is 7.32. The highest BCUT2D eigenvalue weighted by atomic mass is 32.1. The summed E-state index contributed by atoms with van der Waals surface area (Å²) in [6.45, 7) is 7.08. The normalized spacial score (nSPS) is 28.3. The molecule has 1 aromatic rings. The van der Waals surface area contributed by atoms with Crippen molar-refractivity contribution < 1.29 is 14.7 Å². The maximum atomic E-state index is 12.4. The summed E-state index contributed by atoms with van der Waals surface area (Å²) in [5, 5.41) is 23.0. The SMILES string of the molecule is Cc1nnc(NC(=O)[C@@H]2CC[C@](C)(C(=O)[O-])C2(C)C)s1. The van der Waals surface area contributed by atoms with Crippen LogP contribution in [0.15, 0.2) is 0 Å². The fourth-order valence-electron chi connectivity index (χ4n) is 2.86. The number of amides is 1. The van der Waals surface area contributed by atoms with Gasteiger partial charge in [-0.2, -0.15) is 0 Å². The van der Waals surface area contributed by atoms with E-state index in [1.54, 1.807) is 13.8 Å². The number of hydrogen-bond donors (Lipinski definition) is 1. The number of nitrogens with one attached hydrogen (secondary N) is 1. The number of carboxylic acids is 1. The summed E-state index contributed by atoms with van der Waals surface area (Å²) < 4.78 is 0. The van der Waals surface area contributed by atoms with E-state index in [4.69, 9.17) is 0 Å². The average molecular weight is 296 g/mol. The number of aliphatic carboxylic acids is 1. The Balaban J connectivity index is 2.18. The molecule has 2 rings (SSSR count). The Labute approximate surface area is 121 Å². The molecule has 0 radical (unpaired) electrons. The minimum Gasteiger partial charge on any atom is -0.550 e. The standard InChI is InChI=1S/C13H19N3O3S/c1-7-15-16-11(20-7)14-9(17)8-5-6-13(4,10(18)19)12(8,2)3/h8H,5-6H2,1-4H3,(H,18,19)(H,14,16,17)/p-1/t8-,13+/m0/s1. The highest BCUT2D eigenvalue weighted by molar-refractivity contribution is 7.15. The summed E-state index contributed by atoms with van der Waals surface area (Å²) in [7, 11) is 0. The van der Waals surface area contributed by atoms with E-state index in [1.165, 1.54) is 11.3 Å². The van der Waals surface area contributed by atoms with Crippen molar-refractivity contribution in [3.63, 3.8) is 0 Å². The van der Waals surface area contributed by atoms with Crippen molar-refractivity contribution in [1.82, 2.24) is 10.2 Å². The molecule has 20 heavy (non-hydrogen) atoms. The number of carbonyl (C=O) groups excluding carboxylic acids is 2. The molecule has 1 aliphatic rings. The topological polar surface area (TPSA) is 95.0 Å². The molecule has 0 spiro atoms. The van der Waals surface area contributed by atoms with Crippen molar-refractivity contribution in [1.29, 1.82) is 0 Å². The van der Waals surface area contributed by atoms with Crippen LogP contribution in [0.2, 0.25) is 0 Å². The van der Waals surface area contributed by atoms with Gasteiger partial charge in [0.05, 0.1) is 0 Å². The molecule has 1 saturated carbocycles. The molecule has 1 aliphatic carbocycles. The molecule has 7 heteroatoms. The van der Waals surface area contributed by atoms with Gasteiger partial charge in [-0.15, -0.1) is 10.2 Å². The maximum Gasteiger partial charge on any atom is 0.229 e. The minimum absolute atomic E-state index is 0.198. The van der Waals surface area contributed by atoms with Crippen molar-refractivity contribution in [3.8, 4) is 0 Å². The smallest absolute Gasteiger partial charge is 0.229 e. The molecule has 0 bridgehead atoms. The first-order chi connectivity index (χ1) is 9.18. The summed E-state index contributed by atoms with van der Waals surface area (Å²) in [5.41, 5.74) is -1.66. The van der Waals surface area contributed by atoms with Crippen molar-refractivity contribution >= 4 is 28.3 Å². The zero-order valence-electron chi connectivity index (χ0n) is 12.0. The molecule has 1 aromatic heterocycles. The van der Waals surface area contributed by atoms with Crippen LogP contribution in [-0.4, -0.2) is 22.1 Å². The third kappa shape index (κ3) is 2.19. The summed E-state index contributed by atoms with van der Waals surface area (Å²) in [6, 6.07) is 0. The van der Waals surface area contributed by atoms with Gasteiger partial charge >= 0.3 is 0 Å². The zero-order chi connectivity index (χ0) is 15.1. The van der Waals surface area contributed by atoms with Gasteiger partial charge in [0.15, 0.2) is 0 Å². The number of aryl methyl sites for hydroxylation is 1. The van der Waals surface area contributed by atoms with Gasteiger partial charge in [0, 0.05) is 17.3 Å². The number of hydrogen-bond acceptors (Lipinski definition) is 6. The first kappa shape index (κ1) is 14.9. The monoisotopic (exact) mass is 296 g/mol. The molecule has 0 saturated heterocycles. The van der Waals surface area contributed by atoms with Crippen molar-refractivity contribution in [3.05, 3.63) is 5.01 Å². The molecule has 1 amide bonds. The summed E-state index contributed by atoms with van der Waals surface area (Å²) in [6.07, 6.45) is 0.969. The predicted octanol–water partition coefficient (Wildman–Crippen LogP) is 0.977. The van der Waals surface area contributed by atoms with Gasteiger partial charge in [-0.1, -0.05) is 32.1 Å². The van der Waals surface area contributed by atoms with Crippen LogP contribution in [-0.2, 0) is 9.59 Å². The van der Waals surface area contributed by atoms with Gasteiger partial charge in [0.25, 0.3) is 0 Å². The van der Waals surface area contributed by atoms with E-state index < -0.39 is 16.8 Å². The molecule has 0 aromatic carbocycles. The Kier molecular flexibility index (Phi) is 3.58. The van der Waals surface area contributed by atoms with Crippen LogP contribution < -0.4 is 10.4 Å². The lowest BCUT2D eigenvalue weighted by atomic mass is 9.65. The van der Waals surface area contributed by atoms with E-state index in [9.17, 15) is 14.7 Å². The lowest BCUT2D eigenvalue weighted by Gasteiger charge is -2.41. The predicted molar refractivity (Wildman–Crippen MR) is 72.9 cm³/mol. The Morgan fingerprint density at radius 2 is 2.00 bits per heavy atom. The average Bonchev–Trinajstić information content (AvgIpc) is 2.83. The van der Waals surface area contributed by atoms with E-state index >= 15 is 0 Å². The highest BCUT2D eigenvalue weighted by Gasteiger charge is 2.54. The molecule has 1 fully saturated rings. The molecule has 1 N–H and O–H groups in total. The number of carbonyl (C=O) groups is 2. The van der Waals surface area contributed by atoms with Crippen molar-refractivity contribution in [2.45, 2.75) is 40.5 Å². The molecule has 6 nitrogen and oxygen atoms in total. The zero-order valence-corrected chi connectivity index (χ0v) is 12.8. The van der Waals surface area contributed by atoms with E-state index in [-0.39, 0.29) is 11.8 Å². The van der Waals surface area contributed by atoms with Crippen molar-refractivity contribution in [2.75, 3.05) is 5.32 Å². The lowest BCUT2D eigenvalue weighted by molar-refractivity contribution is -0.323. The lowest BCUT2D eigenvalue weighted by Crippen LogP contribution is -2.49. The van der Waals surface area contributed by atoms with Crippen LogP contribution in [0.25, 0.3) is 0 Å². The number of nitrogens with zero attached hydrogens (tertiary/aromatic N) is 2. The quantitative estimate of drug-likeness (QED) is 0.897. The van der Waals surface area contributed by atoms with Crippen LogP contribution in [0.4, 0.5) is 5.13 Å². The highest BCUT2D eigenvalue weighted by Crippen LogP contribution is 2.55. The van der Waals surface area contributed by atoms with E-state index in [0.717, 1.165) is 5.01 Å². The molecule has 0 aliphatic heterocycles. The number of carboxylic acid groups (broad SMARTS) is 1. The second-order valence-corrected chi connectivity index (χ2v) is 7.23. The first-order valence-electron chi connectivity index (χ1n) is 6.51. The van der Waals surface area contributed by atoms with Gasteiger partial charge in [-0.25, -0.2) is 0 Å². The number of aromatic nitrogens is 2. The fraction of sp³-hybridized carbons (Fsp3) is 0.692. The molecular formula is C13H18N3O3S-. The van der Waals surface area contributed by atoms with E-state index in [2.05, 4.69) is 15.5 Å². The summed E-state index contributed by atoms with van der Waals surface area (Å²) in [5.74, 6) is -1.67. The Morgan fingerprint density at radius 3 is 2.45 bits per heavy atom. The van der Waals surface area contributed by atoms with E-state index in [1.807, 2.05) is 13.8 Å². The number of rotatable bonds is 3. The molecule has 110 valence electrons. The third-order valence-electron chi connectivity index (χ3n) is 4.75. The Hall–Kier alpha value is -1.50. The Morgan fingerprint density at radius 1 is 1.35 bits per heavy atom. The molecular weight excluding hydrogens is 278 g/mol. The van der Waals surface area contributed by atoms with Crippen LogP contribution >= 0.6 is 11.3 Å². The summed E-state index contributed by atoms with van der Waals surface area (Å²) >= 11 is 1.30. The van der Waals surface area contributed by atoms with Crippen molar-refractivity contribution in [2.24, 2.45) is 16.7 Å². The van der Waals surface area contributed by atoms with Crippen LogP contribution in [0.1, 0.15) is 38.6 Å². The van der Waals surface area contributed by atoms with Crippen LogP contribution in [0, 0.1) is 23.7 Å². The van der Waals surface area contributed by atoms with Gasteiger partial charge in [0.2, 0.25) is 11.0 Å². The van der Waals surface area contributed by atoms with Gasteiger partial charge < -0.3 is 15.2 Å². The Bertz CT molecular complexity index is 555. The largest absolute Gasteiger partial charge is 0.550 e. The van der Waals surface area contributed by atoms with Gasteiger partial charge in [-0.3, -0.25) is 4.79 Å². The minimum atomic E-state index is -1.09.